The molecule has 0 aliphatic carbocycles. The lowest BCUT2D eigenvalue weighted by molar-refractivity contribution is -0.130. The Kier molecular flexibility index (Phi) is 6.47. The van der Waals surface area contributed by atoms with E-state index in [1.54, 1.807) is 0 Å². The molecule has 5 nitrogen and oxygen atoms in total. The van der Waals surface area contributed by atoms with Crippen LogP contribution in [0, 0.1) is 5.41 Å². The van der Waals surface area contributed by atoms with Gasteiger partial charge in [-0.3, -0.25) is 4.79 Å². The molecule has 0 spiro atoms. The smallest absolute Gasteiger partial charge is 0.227 e. The number of methoxy groups -OCH3 is 1. The third-order valence-electron chi connectivity index (χ3n) is 2.64. The van der Waals surface area contributed by atoms with Gasteiger partial charge in [-0.25, -0.2) is 0 Å². The molecule has 2 atom stereocenters. The molecule has 0 aliphatic heterocycles. The quantitative estimate of drug-likeness (QED) is 0.537. The number of aliphatic hydroxyl groups excluding tert-OH is 1. The molecule has 1 amide bonds. The van der Waals surface area contributed by atoms with Gasteiger partial charge in [0.1, 0.15) is 0 Å². The van der Waals surface area contributed by atoms with Crippen molar-refractivity contribution in [2.75, 3.05) is 26.8 Å². The summed E-state index contributed by atoms with van der Waals surface area (Å²) in [5.41, 5.74) is 4.99. The van der Waals surface area contributed by atoms with Crippen molar-refractivity contribution >= 4 is 5.91 Å². The molecular weight excluding hydrogens is 196 g/mol. The van der Waals surface area contributed by atoms with Crippen LogP contribution in [0.15, 0.2) is 0 Å². The molecule has 5 heteroatoms. The lowest BCUT2D eigenvalue weighted by Gasteiger charge is -2.25. The SMILES string of the molecule is CCC(C)(CN)C(=O)NCC(O)COC. The maximum Gasteiger partial charge on any atom is 0.227 e. The predicted octanol–water partition coefficient (Wildman–Crippen LogP) is -0.515. The van der Waals surface area contributed by atoms with Crippen LogP contribution in [-0.2, 0) is 9.53 Å². The van der Waals surface area contributed by atoms with Crippen molar-refractivity contribution in [3.05, 3.63) is 0 Å². The monoisotopic (exact) mass is 218 g/mol. The standard InChI is InChI=1S/C10H22N2O3/c1-4-10(2,7-11)9(14)12-5-8(13)6-15-3/h8,13H,4-7,11H2,1-3H3,(H,12,14). The van der Waals surface area contributed by atoms with Crippen molar-refractivity contribution < 1.29 is 14.6 Å². The Morgan fingerprint density at radius 3 is 2.67 bits per heavy atom. The number of aliphatic hydroxyl groups is 1. The first-order chi connectivity index (χ1) is 7.00. The highest BCUT2D eigenvalue weighted by molar-refractivity contribution is 5.82. The van der Waals surface area contributed by atoms with Crippen molar-refractivity contribution in [2.45, 2.75) is 26.4 Å². The zero-order valence-electron chi connectivity index (χ0n) is 9.75. The van der Waals surface area contributed by atoms with E-state index >= 15 is 0 Å². The highest BCUT2D eigenvalue weighted by Gasteiger charge is 2.29. The Hall–Kier alpha value is -0.650. The molecule has 0 radical (unpaired) electrons. The molecule has 0 aromatic rings. The van der Waals surface area contributed by atoms with E-state index in [-0.39, 0.29) is 19.1 Å². The Morgan fingerprint density at radius 1 is 1.67 bits per heavy atom. The third-order valence-corrected chi connectivity index (χ3v) is 2.64. The molecule has 0 aromatic carbocycles. The second kappa shape index (κ2) is 6.76. The van der Waals surface area contributed by atoms with E-state index in [1.165, 1.54) is 7.11 Å². The summed E-state index contributed by atoms with van der Waals surface area (Å²) < 4.78 is 4.75. The topological polar surface area (TPSA) is 84.6 Å². The van der Waals surface area contributed by atoms with E-state index in [0.717, 1.165) is 0 Å². The van der Waals surface area contributed by atoms with Crippen molar-refractivity contribution in [2.24, 2.45) is 11.1 Å². The highest BCUT2D eigenvalue weighted by atomic mass is 16.5. The van der Waals surface area contributed by atoms with Gasteiger partial charge in [-0.15, -0.1) is 0 Å². The van der Waals surface area contributed by atoms with Crippen LogP contribution in [-0.4, -0.2) is 43.9 Å². The van der Waals surface area contributed by atoms with Crippen LogP contribution in [0.2, 0.25) is 0 Å². The third kappa shape index (κ3) is 4.59. The number of hydrogen-bond acceptors (Lipinski definition) is 4. The minimum absolute atomic E-state index is 0.123. The predicted molar refractivity (Wildman–Crippen MR) is 58.3 cm³/mol. The van der Waals surface area contributed by atoms with E-state index in [2.05, 4.69) is 5.32 Å². The molecule has 15 heavy (non-hydrogen) atoms. The summed E-state index contributed by atoms with van der Waals surface area (Å²) in [7, 11) is 1.50. The van der Waals surface area contributed by atoms with Crippen LogP contribution in [0.4, 0.5) is 0 Å². The van der Waals surface area contributed by atoms with Gasteiger partial charge in [0.05, 0.1) is 18.1 Å². The van der Waals surface area contributed by atoms with Gasteiger partial charge in [-0.05, 0) is 13.3 Å². The average Bonchev–Trinajstić information content (AvgIpc) is 2.25. The first kappa shape index (κ1) is 14.3. The minimum atomic E-state index is -0.669. The largest absolute Gasteiger partial charge is 0.389 e. The zero-order chi connectivity index (χ0) is 11.9. The molecule has 0 saturated heterocycles. The van der Waals surface area contributed by atoms with Crippen molar-refractivity contribution in [3.63, 3.8) is 0 Å². The van der Waals surface area contributed by atoms with Gasteiger partial charge in [0.15, 0.2) is 0 Å². The lowest BCUT2D eigenvalue weighted by atomic mass is 9.86. The molecule has 4 N–H and O–H groups in total. The number of nitrogens with one attached hydrogen (secondary N) is 1. The maximum atomic E-state index is 11.7. The number of carbonyl (C=O) groups is 1. The number of amides is 1. The number of nitrogens with two attached hydrogens (primary N) is 1. The van der Waals surface area contributed by atoms with E-state index < -0.39 is 11.5 Å². The van der Waals surface area contributed by atoms with Crippen LogP contribution in [0.3, 0.4) is 0 Å². The summed E-state index contributed by atoms with van der Waals surface area (Å²) in [6, 6.07) is 0. The first-order valence-electron chi connectivity index (χ1n) is 5.15. The summed E-state index contributed by atoms with van der Waals surface area (Å²) >= 11 is 0. The molecule has 2 unspecified atom stereocenters. The minimum Gasteiger partial charge on any atom is -0.389 e. The van der Waals surface area contributed by atoms with Gasteiger partial charge in [0.25, 0.3) is 0 Å². The lowest BCUT2D eigenvalue weighted by Crippen LogP contribution is -2.46. The fraction of sp³-hybridized carbons (Fsp3) is 0.900. The number of rotatable bonds is 7. The van der Waals surface area contributed by atoms with Gasteiger partial charge in [0, 0.05) is 20.2 Å². The van der Waals surface area contributed by atoms with Crippen molar-refractivity contribution in [3.8, 4) is 0 Å². The second-order valence-electron chi connectivity index (χ2n) is 3.94. The first-order valence-corrected chi connectivity index (χ1v) is 5.15. The molecule has 0 bridgehead atoms. The van der Waals surface area contributed by atoms with Crippen LogP contribution >= 0.6 is 0 Å². The molecular formula is C10H22N2O3. The Labute approximate surface area is 91.0 Å². The molecule has 0 saturated carbocycles. The number of ether oxygens (including phenoxy) is 1. The normalized spacial score (nSPS) is 16.9. The van der Waals surface area contributed by atoms with Crippen LogP contribution in [0.1, 0.15) is 20.3 Å². The van der Waals surface area contributed by atoms with Gasteiger partial charge >= 0.3 is 0 Å². The molecule has 0 rings (SSSR count). The Bertz CT molecular complexity index is 193. The molecule has 0 aromatic heterocycles. The highest BCUT2D eigenvalue weighted by Crippen LogP contribution is 2.18. The van der Waals surface area contributed by atoms with E-state index in [0.29, 0.717) is 13.0 Å². The second-order valence-corrected chi connectivity index (χ2v) is 3.94. The van der Waals surface area contributed by atoms with Crippen molar-refractivity contribution in [1.82, 2.24) is 5.32 Å². The van der Waals surface area contributed by atoms with Crippen LogP contribution in [0.5, 0.6) is 0 Å². The fourth-order valence-electron chi connectivity index (χ4n) is 1.07. The molecule has 90 valence electrons. The summed E-state index contributed by atoms with van der Waals surface area (Å²) in [6.45, 7) is 4.44. The van der Waals surface area contributed by atoms with Gasteiger partial charge < -0.3 is 20.9 Å². The molecule has 0 fully saturated rings. The summed E-state index contributed by atoms with van der Waals surface area (Å²) in [4.78, 5) is 11.7. The van der Waals surface area contributed by atoms with E-state index in [4.69, 9.17) is 10.5 Å². The fourth-order valence-corrected chi connectivity index (χ4v) is 1.07. The van der Waals surface area contributed by atoms with Crippen molar-refractivity contribution in [1.29, 1.82) is 0 Å². The molecule has 0 aliphatic rings. The van der Waals surface area contributed by atoms with E-state index in [9.17, 15) is 9.90 Å². The summed E-state index contributed by atoms with van der Waals surface area (Å²) in [5.74, 6) is -0.123. The van der Waals surface area contributed by atoms with E-state index in [1.807, 2.05) is 13.8 Å². The Balaban J connectivity index is 4.02. The average molecular weight is 218 g/mol. The van der Waals surface area contributed by atoms with Crippen LogP contribution in [0.25, 0.3) is 0 Å². The maximum absolute atomic E-state index is 11.7. The van der Waals surface area contributed by atoms with Gasteiger partial charge in [-0.1, -0.05) is 6.92 Å². The summed E-state index contributed by atoms with van der Waals surface area (Å²) in [5, 5.41) is 12.0. The van der Waals surface area contributed by atoms with Crippen LogP contribution < -0.4 is 11.1 Å². The Morgan fingerprint density at radius 2 is 2.27 bits per heavy atom. The van der Waals surface area contributed by atoms with Gasteiger partial charge in [0.2, 0.25) is 5.91 Å². The number of carbonyl (C=O) groups excluding carboxylic acids is 1. The molecule has 0 heterocycles. The summed E-state index contributed by atoms with van der Waals surface area (Å²) in [6.07, 6.45) is 0.00762. The number of hydrogen-bond donors (Lipinski definition) is 3. The zero-order valence-corrected chi connectivity index (χ0v) is 9.75. The van der Waals surface area contributed by atoms with Gasteiger partial charge in [-0.2, -0.15) is 0 Å².